The molecule has 0 aliphatic carbocycles. The van der Waals surface area contributed by atoms with E-state index in [1.807, 2.05) is 0 Å². The van der Waals surface area contributed by atoms with Crippen molar-refractivity contribution >= 4 is 22.7 Å². The molecule has 0 aromatic heterocycles. The van der Waals surface area contributed by atoms with Crippen LogP contribution in [0.15, 0.2) is 91.0 Å². The monoisotopic (exact) mass is 336 g/mol. The number of hydrogen-bond donors (Lipinski definition) is 0. The molecular formula is C22H25OP. The third-order valence-corrected chi connectivity index (χ3v) is 10.2. The molecule has 0 aliphatic rings. The Kier molecular flexibility index (Phi) is 4.85. The van der Waals surface area contributed by atoms with Crippen LogP contribution in [0.5, 0.6) is 0 Å². The van der Waals surface area contributed by atoms with Crippen LogP contribution in [0.4, 0.5) is 0 Å². The molecule has 3 aromatic rings. The van der Waals surface area contributed by atoms with E-state index in [9.17, 15) is 0 Å². The summed E-state index contributed by atoms with van der Waals surface area (Å²) in [5.74, 6) is 0. The van der Waals surface area contributed by atoms with Gasteiger partial charge in [-0.2, -0.15) is 0 Å². The van der Waals surface area contributed by atoms with Gasteiger partial charge in [0.2, 0.25) is 0 Å². The quantitative estimate of drug-likeness (QED) is 0.603. The Bertz CT molecular complexity index is 669. The molecule has 3 rings (SSSR count). The van der Waals surface area contributed by atoms with Crippen LogP contribution in [0.3, 0.4) is 0 Å². The predicted octanol–water partition coefficient (Wildman–Crippen LogP) is 4.49. The van der Waals surface area contributed by atoms with Crippen LogP contribution in [0.2, 0.25) is 0 Å². The standard InChI is InChI=1S/C22H25OP/c1-3-19-23-24(2,20-13-7-4-8-14-20,21-15-9-5-10-16-21)22-17-11-6-12-18-22/h4-18H,3,19H2,1-2H3. The molecule has 124 valence electrons. The van der Waals surface area contributed by atoms with Crippen molar-refractivity contribution in [2.45, 2.75) is 13.3 Å². The molecule has 1 nitrogen and oxygen atoms in total. The Morgan fingerprint density at radius 2 is 0.958 bits per heavy atom. The molecule has 0 heterocycles. The van der Waals surface area contributed by atoms with Crippen molar-refractivity contribution in [1.82, 2.24) is 0 Å². The van der Waals surface area contributed by atoms with Crippen LogP contribution in [-0.4, -0.2) is 13.3 Å². The summed E-state index contributed by atoms with van der Waals surface area (Å²) in [5, 5.41) is 3.82. The summed E-state index contributed by atoms with van der Waals surface area (Å²) in [5.41, 5.74) is 0. The maximum absolute atomic E-state index is 6.86. The molecule has 3 aromatic carbocycles. The van der Waals surface area contributed by atoms with Crippen molar-refractivity contribution in [2.24, 2.45) is 0 Å². The van der Waals surface area contributed by atoms with Crippen molar-refractivity contribution in [3.8, 4) is 0 Å². The predicted molar refractivity (Wildman–Crippen MR) is 107 cm³/mol. The van der Waals surface area contributed by atoms with Gasteiger partial charge in [0.15, 0.2) is 0 Å². The Labute approximate surface area is 145 Å². The first-order valence-corrected chi connectivity index (χ1v) is 11.1. The molecule has 2 heteroatoms. The van der Waals surface area contributed by atoms with E-state index in [-0.39, 0.29) is 0 Å². The van der Waals surface area contributed by atoms with E-state index >= 15 is 0 Å². The normalized spacial score (nSPS) is 13.2. The number of benzene rings is 3. The van der Waals surface area contributed by atoms with Crippen molar-refractivity contribution < 1.29 is 4.52 Å². The summed E-state index contributed by atoms with van der Waals surface area (Å²) >= 11 is 0. The first kappa shape index (κ1) is 16.9. The van der Waals surface area contributed by atoms with Gasteiger partial charge >= 0.3 is 145 Å². The average Bonchev–Trinajstić information content (AvgIpc) is 2.68. The van der Waals surface area contributed by atoms with Crippen molar-refractivity contribution in [3.05, 3.63) is 91.0 Å². The third-order valence-electron chi connectivity index (χ3n) is 4.75. The van der Waals surface area contributed by atoms with Crippen LogP contribution in [0.1, 0.15) is 13.3 Å². The summed E-state index contributed by atoms with van der Waals surface area (Å²) < 4.78 is 6.86. The Morgan fingerprint density at radius 3 is 1.25 bits per heavy atom. The van der Waals surface area contributed by atoms with E-state index in [2.05, 4.69) is 105 Å². The van der Waals surface area contributed by atoms with E-state index in [0.29, 0.717) is 0 Å². The SMILES string of the molecule is CCCOP(C)(c1ccccc1)(c1ccccc1)c1ccccc1. The van der Waals surface area contributed by atoms with Crippen molar-refractivity contribution in [3.63, 3.8) is 0 Å². The molecule has 0 saturated carbocycles. The molecule has 0 spiro atoms. The summed E-state index contributed by atoms with van der Waals surface area (Å²) in [7, 11) is 0. The van der Waals surface area contributed by atoms with Crippen molar-refractivity contribution in [2.75, 3.05) is 13.3 Å². The Morgan fingerprint density at radius 1 is 0.625 bits per heavy atom. The summed E-state index contributed by atoms with van der Waals surface area (Å²) in [6.45, 7) is 2.29. The number of rotatable bonds is 6. The summed E-state index contributed by atoms with van der Waals surface area (Å²) in [4.78, 5) is 0. The van der Waals surface area contributed by atoms with Gasteiger partial charge in [-0.1, -0.05) is 0 Å². The molecule has 0 bridgehead atoms. The maximum atomic E-state index is 6.86. The van der Waals surface area contributed by atoms with E-state index in [1.54, 1.807) is 0 Å². The molecule has 0 N–H and O–H groups in total. The van der Waals surface area contributed by atoms with Crippen LogP contribution in [0, 0.1) is 0 Å². The van der Waals surface area contributed by atoms with Crippen LogP contribution < -0.4 is 15.9 Å². The van der Waals surface area contributed by atoms with Gasteiger partial charge in [-0.3, -0.25) is 0 Å². The van der Waals surface area contributed by atoms with E-state index < -0.39 is 6.83 Å². The fourth-order valence-electron chi connectivity index (χ4n) is 3.35. The van der Waals surface area contributed by atoms with Crippen molar-refractivity contribution in [1.29, 1.82) is 0 Å². The zero-order chi connectivity index (χ0) is 16.9. The summed E-state index contributed by atoms with van der Waals surface area (Å²) in [6.07, 6.45) is 0.998. The van der Waals surface area contributed by atoms with Gasteiger partial charge in [0.1, 0.15) is 0 Å². The zero-order valence-corrected chi connectivity index (χ0v) is 15.3. The van der Waals surface area contributed by atoms with E-state index in [4.69, 9.17) is 4.52 Å². The summed E-state index contributed by atoms with van der Waals surface area (Å²) in [6, 6.07) is 32.2. The average molecular weight is 336 g/mol. The fraction of sp³-hybridized carbons (Fsp3) is 0.182. The van der Waals surface area contributed by atoms with Gasteiger partial charge in [-0.05, 0) is 0 Å². The third kappa shape index (κ3) is 2.69. The van der Waals surface area contributed by atoms with Gasteiger partial charge < -0.3 is 0 Å². The van der Waals surface area contributed by atoms with Gasteiger partial charge in [0.25, 0.3) is 0 Å². The second-order valence-electron chi connectivity index (χ2n) is 6.30. The first-order valence-electron chi connectivity index (χ1n) is 8.53. The van der Waals surface area contributed by atoms with Gasteiger partial charge in [0, 0.05) is 0 Å². The van der Waals surface area contributed by atoms with Crippen LogP contribution >= 0.6 is 6.83 Å². The van der Waals surface area contributed by atoms with E-state index in [1.165, 1.54) is 15.9 Å². The van der Waals surface area contributed by atoms with Crippen LogP contribution in [-0.2, 0) is 4.52 Å². The van der Waals surface area contributed by atoms with Crippen LogP contribution in [0.25, 0.3) is 0 Å². The molecule has 0 amide bonds. The van der Waals surface area contributed by atoms with E-state index in [0.717, 1.165) is 13.0 Å². The minimum atomic E-state index is -2.95. The van der Waals surface area contributed by atoms with Gasteiger partial charge in [0.05, 0.1) is 0 Å². The molecule has 0 atom stereocenters. The van der Waals surface area contributed by atoms with Gasteiger partial charge in [-0.25, -0.2) is 0 Å². The Hall–Kier alpha value is -1.95. The second kappa shape index (κ2) is 6.89. The second-order valence-corrected chi connectivity index (χ2v) is 11.0. The molecule has 0 unspecified atom stereocenters. The Balaban J connectivity index is 2.37. The zero-order valence-electron chi connectivity index (χ0n) is 14.4. The van der Waals surface area contributed by atoms with Gasteiger partial charge in [-0.15, -0.1) is 0 Å². The minimum absolute atomic E-state index is 0.743. The molecule has 0 aliphatic heterocycles. The first-order chi connectivity index (χ1) is 11.7. The fourth-order valence-corrected chi connectivity index (χ4v) is 8.00. The molecule has 24 heavy (non-hydrogen) atoms. The number of hydrogen-bond acceptors (Lipinski definition) is 1. The topological polar surface area (TPSA) is 9.23 Å². The molecule has 0 fully saturated rings. The molecule has 0 radical (unpaired) electrons. The molecular weight excluding hydrogens is 311 g/mol. The molecule has 0 saturated heterocycles.